The molecule has 0 aliphatic heterocycles. The van der Waals surface area contributed by atoms with Crippen LogP contribution >= 0.6 is 15.9 Å². The molecule has 2 nitrogen and oxygen atoms in total. The summed E-state index contributed by atoms with van der Waals surface area (Å²) in [5, 5.41) is 1.95. The molecule has 0 heterocycles. The molecule has 0 saturated carbocycles. The molecular weight excluding hydrogens is 268 g/mol. The summed E-state index contributed by atoms with van der Waals surface area (Å²) < 4.78 is 6.12. The molecular formula is C13H11BrO2. The standard InChI is InChI=1S/C13H11BrO2/c1-8(15)10-5-3-4-9-6-12(14)13(16-2)7-11(9)10/h3-7H,1-2H3. The van der Waals surface area contributed by atoms with Crippen molar-refractivity contribution in [2.75, 3.05) is 7.11 Å². The Balaban J connectivity index is 2.81. The molecule has 0 spiro atoms. The number of fused-ring (bicyclic) bond motifs is 1. The molecule has 0 bridgehead atoms. The number of Topliss-reactive ketones (excluding diaryl/α,β-unsaturated/α-hetero) is 1. The number of methoxy groups -OCH3 is 1. The van der Waals surface area contributed by atoms with Crippen LogP contribution in [0.3, 0.4) is 0 Å². The third-order valence-corrected chi connectivity index (χ3v) is 3.15. The topological polar surface area (TPSA) is 26.3 Å². The Morgan fingerprint density at radius 2 is 2.06 bits per heavy atom. The highest BCUT2D eigenvalue weighted by molar-refractivity contribution is 9.10. The molecule has 2 rings (SSSR count). The van der Waals surface area contributed by atoms with Gasteiger partial charge in [0.2, 0.25) is 0 Å². The van der Waals surface area contributed by atoms with Crippen molar-refractivity contribution >= 4 is 32.5 Å². The van der Waals surface area contributed by atoms with E-state index < -0.39 is 0 Å². The van der Waals surface area contributed by atoms with Crippen LogP contribution in [0, 0.1) is 0 Å². The maximum Gasteiger partial charge on any atom is 0.160 e. The highest BCUT2D eigenvalue weighted by Crippen LogP contribution is 2.31. The van der Waals surface area contributed by atoms with E-state index in [9.17, 15) is 4.79 Å². The lowest BCUT2D eigenvalue weighted by Gasteiger charge is -2.08. The summed E-state index contributed by atoms with van der Waals surface area (Å²) in [6.45, 7) is 1.57. The zero-order valence-electron chi connectivity index (χ0n) is 9.08. The van der Waals surface area contributed by atoms with Crippen LogP contribution in [0.4, 0.5) is 0 Å². The Morgan fingerprint density at radius 1 is 1.31 bits per heavy atom. The van der Waals surface area contributed by atoms with Crippen molar-refractivity contribution in [3.8, 4) is 5.75 Å². The molecule has 0 atom stereocenters. The fourth-order valence-electron chi connectivity index (χ4n) is 1.74. The number of hydrogen-bond acceptors (Lipinski definition) is 2. The molecule has 2 aromatic carbocycles. The summed E-state index contributed by atoms with van der Waals surface area (Å²) >= 11 is 3.43. The Labute approximate surface area is 102 Å². The van der Waals surface area contributed by atoms with Gasteiger partial charge in [-0.3, -0.25) is 4.79 Å². The smallest absolute Gasteiger partial charge is 0.160 e. The lowest BCUT2D eigenvalue weighted by molar-refractivity contribution is 0.101. The van der Waals surface area contributed by atoms with Gasteiger partial charge in [-0.1, -0.05) is 18.2 Å². The van der Waals surface area contributed by atoms with Gasteiger partial charge in [0.05, 0.1) is 11.6 Å². The average molecular weight is 279 g/mol. The van der Waals surface area contributed by atoms with E-state index in [-0.39, 0.29) is 5.78 Å². The highest BCUT2D eigenvalue weighted by Gasteiger charge is 2.08. The Bertz CT molecular complexity index is 561. The summed E-state index contributed by atoms with van der Waals surface area (Å²) in [6, 6.07) is 9.54. The molecule has 16 heavy (non-hydrogen) atoms. The van der Waals surface area contributed by atoms with Gasteiger partial charge in [-0.25, -0.2) is 0 Å². The first-order chi connectivity index (χ1) is 7.63. The van der Waals surface area contributed by atoms with Crippen molar-refractivity contribution in [1.82, 2.24) is 0 Å². The van der Waals surface area contributed by atoms with Crippen LogP contribution in [0.15, 0.2) is 34.8 Å². The Hall–Kier alpha value is -1.35. The molecule has 0 N–H and O–H groups in total. The van der Waals surface area contributed by atoms with Gasteiger partial charge in [0, 0.05) is 5.56 Å². The number of carbonyl (C=O) groups excluding carboxylic acids is 1. The summed E-state index contributed by atoms with van der Waals surface area (Å²) in [4.78, 5) is 11.5. The van der Waals surface area contributed by atoms with Crippen LogP contribution in [0.1, 0.15) is 17.3 Å². The van der Waals surface area contributed by atoms with Crippen molar-refractivity contribution in [2.45, 2.75) is 6.92 Å². The van der Waals surface area contributed by atoms with Crippen LogP contribution in [0.2, 0.25) is 0 Å². The van der Waals surface area contributed by atoms with Gasteiger partial charge in [0.1, 0.15) is 5.75 Å². The monoisotopic (exact) mass is 278 g/mol. The predicted octanol–water partition coefficient (Wildman–Crippen LogP) is 3.81. The molecule has 0 fully saturated rings. The molecule has 0 amide bonds. The summed E-state index contributed by atoms with van der Waals surface area (Å²) in [6.07, 6.45) is 0. The molecule has 2 aromatic rings. The zero-order valence-corrected chi connectivity index (χ0v) is 10.7. The van der Waals surface area contributed by atoms with E-state index in [1.54, 1.807) is 14.0 Å². The van der Waals surface area contributed by atoms with Crippen molar-refractivity contribution in [2.24, 2.45) is 0 Å². The lowest BCUT2D eigenvalue weighted by Crippen LogP contribution is -1.94. The third-order valence-electron chi connectivity index (χ3n) is 2.53. The number of hydrogen-bond donors (Lipinski definition) is 0. The lowest BCUT2D eigenvalue weighted by atomic mass is 10.0. The van der Waals surface area contributed by atoms with Crippen LogP contribution < -0.4 is 4.74 Å². The molecule has 0 aliphatic rings. The van der Waals surface area contributed by atoms with E-state index in [4.69, 9.17) is 4.74 Å². The molecule has 3 heteroatoms. The van der Waals surface area contributed by atoms with E-state index in [0.29, 0.717) is 0 Å². The summed E-state index contributed by atoms with van der Waals surface area (Å²) in [5.41, 5.74) is 0.725. The minimum Gasteiger partial charge on any atom is -0.496 e. The van der Waals surface area contributed by atoms with E-state index >= 15 is 0 Å². The molecule has 0 aromatic heterocycles. The molecule has 0 saturated heterocycles. The highest BCUT2D eigenvalue weighted by atomic mass is 79.9. The second-order valence-electron chi connectivity index (χ2n) is 3.57. The third kappa shape index (κ3) is 1.83. The minimum atomic E-state index is 0.0648. The number of rotatable bonds is 2. The molecule has 0 aliphatic carbocycles. The van der Waals surface area contributed by atoms with Crippen molar-refractivity contribution < 1.29 is 9.53 Å². The Kier molecular flexibility index (Phi) is 2.97. The van der Waals surface area contributed by atoms with E-state index in [1.807, 2.05) is 30.3 Å². The fourth-order valence-corrected chi connectivity index (χ4v) is 2.26. The van der Waals surface area contributed by atoms with E-state index in [1.165, 1.54) is 0 Å². The van der Waals surface area contributed by atoms with Crippen molar-refractivity contribution in [3.05, 3.63) is 40.4 Å². The number of carbonyl (C=O) groups is 1. The molecule has 0 unspecified atom stereocenters. The van der Waals surface area contributed by atoms with Crippen molar-refractivity contribution in [1.29, 1.82) is 0 Å². The minimum absolute atomic E-state index is 0.0648. The maximum atomic E-state index is 11.5. The van der Waals surface area contributed by atoms with E-state index in [0.717, 1.165) is 26.6 Å². The van der Waals surface area contributed by atoms with Crippen molar-refractivity contribution in [3.63, 3.8) is 0 Å². The van der Waals surface area contributed by atoms with Crippen LogP contribution in [0.25, 0.3) is 10.8 Å². The van der Waals surface area contributed by atoms with E-state index in [2.05, 4.69) is 15.9 Å². The largest absolute Gasteiger partial charge is 0.496 e. The average Bonchev–Trinajstić information content (AvgIpc) is 2.26. The maximum absolute atomic E-state index is 11.5. The zero-order chi connectivity index (χ0) is 11.7. The van der Waals surface area contributed by atoms with Crippen LogP contribution in [0.5, 0.6) is 5.75 Å². The first-order valence-corrected chi connectivity index (χ1v) is 5.70. The Morgan fingerprint density at radius 3 is 2.69 bits per heavy atom. The second-order valence-corrected chi connectivity index (χ2v) is 4.42. The second kappa shape index (κ2) is 4.26. The quantitative estimate of drug-likeness (QED) is 0.781. The van der Waals surface area contributed by atoms with Gasteiger partial charge in [-0.15, -0.1) is 0 Å². The van der Waals surface area contributed by atoms with Crippen LogP contribution in [-0.2, 0) is 0 Å². The van der Waals surface area contributed by atoms with Gasteiger partial charge in [-0.2, -0.15) is 0 Å². The molecule has 82 valence electrons. The van der Waals surface area contributed by atoms with Gasteiger partial charge in [0.25, 0.3) is 0 Å². The van der Waals surface area contributed by atoms with Crippen LogP contribution in [-0.4, -0.2) is 12.9 Å². The number of ether oxygens (including phenoxy) is 1. The molecule has 0 radical (unpaired) electrons. The number of halogens is 1. The summed E-state index contributed by atoms with van der Waals surface area (Å²) in [5.74, 6) is 0.802. The van der Waals surface area contributed by atoms with Gasteiger partial charge in [-0.05, 0) is 45.8 Å². The van der Waals surface area contributed by atoms with Gasteiger partial charge < -0.3 is 4.74 Å². The first-order valence-electron chi connectivity index (χ1n) is 4.90. The first kappa shape index (κ1) is 11.1. The van der Waals surface area contributed by atoms with Gasteiger partial charge in [0.15, 0.2) is 5.78 Å². The SMILES string of the molecule is COc1cc2c(C(C)=O)cccc2cc1Br. The normalized spacial score (nSPS) is 10.4. The number of ketones is 1. The summed E-state index contributed by atoms with van der Waals surface area (Å²) in [7, 11) is 1.61. The van der Waals surface area contributed by atoms with Gasteiger partial charge >= 0.3 is 0 Å². The fraction of sp³-hybridized carbons (Fsp3) is 0.154. The number of benzene rings is 2. The predicted molar refractivity (Wildman–Crippen MR) is 68.2 cm³/mol.